The summed E-state index contributed by atoms with van der Waals surface area (Å²) in [5.41, 5.74) is 3.27. The second kappa shape index (κ2) is 37.9. The predicted molar refractivity (Wildman–Crippen MR) is 230 cm³/mol. The zero-order valence-corrected chi connectivity index (χ0v) is 36.0. The normalized spacial score (nSPS) is 9.52. The highest BCUT2D eigenvalue weighted by molar-refractivity contribution is 5.89. The van der Waals surface area contributed by atoms with Gasteiger partial charge >= 0.3 is 35.8 Å². The summed E-state index contributed by atoms with van der Waals surface area (Å²) in [5, 5.41) is 0. The number of carbonyl (C=O) groups is 6. The molecule has 0 bridgehead atoms. The number of ether oxygens (including phenoxy) is 6. The maximum atomic E-state index is 11.1. The van der Waals surface area contributed by atoms with E-state index in [2.05, 4.69) is 62.1 Å². The first-order valence-corrected chi connectivity index (χ1v) is 18.3. The molecule has 0 heterocycles. The van der Waals surface area contributed by atoms with E-state index in [1.54, 1.807) is 54.5 Å². The lowest BCUT2D eigenvalue weighted by Crippen LogP contribution is -2.22. The number of rotatable bonds is 20. The monoisotopic (exact) mass is 810 g/mol. The number of benzene rings is 1. The lowest BCUT2D eigenvalue weighted by molar-refractivity contribution is -0.152. The first-order chi connectivity index (χ1) is 27.1. The Kier molecular flexibility index (Phi) is 38.3. The third-order valence-electron chi connectivity index (χ3n) is 5.94. The summed E-state index contributed by atoms with van der Waals surface area (Å²) < 4.78 is 29.0. The molecule has 0 spiro atoms. The van der Waals surface area contributed by atoms with Crippen LogP contribution < -0.4 is 0 Å². The molecule has 0 amide bonds. The van der Waals surface area contributed by atoms with Gasteiger partial charge in [0.05, 0.1) is 13.2 Å². The van der Waals surface area contributed by atoms with Crippen molar-refractivity contribution in [2.45, 2.75) is 87.2 Å². The fourth-order valence-electron chi connectivity index (χ4n) is 2.87. The van der Waals surface area contributed by atoms with E-state index >= 15 is 0 Å². The first kappa shape index (κ1) is 58.7. The van der Waals surface area contributed by atoms with Gasteiger partial charge in [0.15, 0.2) is 0 Å². The van der Waals surface area contributed by atoms with Crippen LogP contribution in [0.1, 0.15) is 86.6 Å². The van der Waals surface area contributed by atoms with Crippen LogP contribution in [0.2, 0.25) is 0 Å². The van der Waals surface area contributed by atoms with Gasteiger partial charge in [0.2, 0.25) is 0 Å². The van der Waals surface area contributed by atoms with Crippen LogP contribution >= 0.6 is 0 Å². The summed E-state index contributed by atoms with van der Waals surface area (Å²) in [7, 11) is 0. The van der Waals surface area contributed by atoms with Crippen molar-refractivity contribution in [3.8, 4) is 0 Å². The molecule has 58 heavy (non-hydrogen) atoms. The van der Waals surface area contributed by atoms with Gasteiger partial charge in [-0.2, -0.15) is 0 Å². The van der Waals surface area contributed by atoms with Crippen LogP contribution in [0.4, 0.5) is 0 Å². The maximum Gasteiger partial charge on any atom is 0.333 e. The van der Waals surface area contributed by atoms with Gasteiger partial charge in [-0.15, -0.1) is 6.58 Å². The molecule has 0 saturated carbocycles. The summed E-state index contributed by atoms with van der Waals surface area (Å²) in [6.07, 6.45) is 6.60. The number of esters is 6. The molecular weight excluding hydrogens is 744 g/mol. The van der Waals surface area contributed by atoms with Crippen LogP contribution in [0.3, 0.4) is 0 Å². The number of carbonyl (C=O) groups excluding carboxylic acids is 6. The minimum absolute atomic E-state index is 0.0186. The van der Waals surface area contributed by atoms with Gasteiger partial charge in [0.1, 0.15) is 25.9 Å². The van der Waals surface area contributed by atoms with E-state index in [4.69, 9.17) is 18.9 Å². The molecule has 1 aromatic rings. The Bertz CT molecular complexity index is 1470. The number of unbranched alkanes of at least 4 members (excludes halogenated alkanes) is 3. The molecule has 12 heteroatoms. The molecule has 0 aromatic heterocycles. The zero-order valence-electron chi connectivity index (χ0n) is 36.0. The van der Waals surface area contributed by atoms with Gasteiger partial charge < -0.3 is 28.4 Å². The third kappa shape index (κ3) is 39.6. The van der Waals surface area contributed by atoms with Crippen LogP contribution in [-0.2, 0) is 57.2 Å². The molecule has 1 rings (SSSR count). The molecule has 0 aliphatic carbocycles. The van der Waals surface area contributed by atoms with Gasteiger partial charge in [-0.25, -0.2) is 28.8 Å². The average molecular weight is 811 g/mol. The number of allylic oxidation sites excluding steroid dienone is 1. The van der Waals surface area contributed by atoms with E-state index < -0.39 is 30.0 Å². The maximum absolute atomic E-state index is 11.1. The summed E-state index contributed by atoms with van der Waals surface area (Å²) in [6.45, 7) is 41.5. The molecule has 0 saturated heterocycles. The summed E-state index contributed by atoms with van der Waals surface area (Å²) in [6, 6.07) is 10.0. The van der Waals surface area contributed by atoms with Gasteiger partial charge in [-0.1, -0.05) is 88.5 Å². The quantitative estimate of drug-likeness (QED) is 0.0405. The van der Waals surface area contributed by atoms with Crippen LogP contribution in [0.5, 0.6) is 0 Å². The summed E-state index contributed by atoms with van der Waals surface area (Å²) in [4.78, 5) is 65.8. The SMILES string of the molecule is C=C(C)C(=O)OCC(C)OC(=O)C(=C)C.C=C(C)C(=O)OCCCCCCOC(=O)C(=C)C.C=C(C)C(=O)OCCOC(=O)C(=C)C.C=CC.C=Cc1ccccc1. The van der Waals surface area contributed by atoms with Crippen molar-refractivity contribution in [1.82, 2.24) is 0 Å². The second-order valence-electron chi connectivity index (χ2n) is 12.5. The van der Waals surface area contributed by atoms with Gasteiger partial charge in [-0.05, 0) is 86.6 Å². The van der Waals surface area contributed by atoms with E-state index in [0.29, 0.717) is 46.7 Å². The molecule has 0 fully saturated rings. The lowest BCUT2D eigenvalue weighted by atomic mass is 10.2. The Morgan fingerprint density at radius 2 is 0.793 bits per heavy atom. The van der Waals surface area contributed by atoms with Crippen LogP contribution in [0, 0.1) is 0 Å². The molecule has 1 aromatic carbocycles. The summed E-state index contributed by atoms with van der Waals surface area (Å²) >= 11 is 0. The van der Waals surface area contributed by atoms with E-state index in [-0.39, 0.29) is 31.8 Å². The van der Waals surface area contributed by atoms with Gasteiger partial charge in [-0.3, -0.25) is 0 Å². The van der Waals surface area contributed by atoms with Crippen LogP contribution in [0.15, 0.2) is 122 Å². The molecular formula is C46H66O12. The highest BCUT2D eigenvalue weighted by Gasteiger charge is 2.13. The van der Waals surface area contributed by atoms with Gasteiger partial charge in [0, 0.05) is 33.4 Å². The van der Waals surface area contributed by atoms with Crippen molar-refractivity contribution < 1.29 is 57.2 Å². The number of hydrogen-bond acceptors (Lipinski definition) is 12. The highest BCUT2D eigenvalue weighted by Crippen LogP contribution is 2.04. The smallest absolute Gasteiger partial charge is 0.333 e. The third-order valence-corrected chi connectivity index (χ3v) is 5.94. The average Bonchev–Trinajstić information content (AvgIpc) is 3.17. The molecule has 0 N–H and O–H groups in total. The van der Waals surface area contributed by atoms with Crippen LogP contribution in [0.25, 0.3) is 6.08 Å². The fourth-order valence-corrected chi connectivity index (χ4v) is 2.87. The minimum Gasteiger partial charge on any atom is -0.462 e. The molecule has 322 valence electrons. The Balaban J connectivity index is -0.000000335. The predicted octanol–water partition coefficient (Wildman–Crippen LogP) is 9.15. The van der Waals surface area contributed by atoms with Crippen molar-refractivity contribution >= 4 is 41.9 Å². The molecule has 1 atom stereocenters. The van der Waals surface area contributed by atoms with Crippen molar-refractivity contribution in [3.63, 3.8) is 0 Å². The standard InChI is InChI=1S/C14H22O4.C11H16O4.C10H14O4.C8H8.C3H6/c1-11(2)13(15)17-9-7-5-6-8-10-18-14(16)12(3)4;1-7(2)10(12)14-6-9(5)15-11(13)8(3)4;1-7(2)9(11)13-5-6-14-10(12)8(3)4;1-2-8-6-4-3-5-7-8;1-3-2/h1,3,5-10H2,2,4H3;9H,1,3,6H2,2,4-5H3;1,3,5-6H2,2,4H3;2-7H,1H2;3H,1H2,2H3. The Morgan fingerprint density at radius 3 is 1.07 bits per heavy atom. The highest BCUT2D eigenvalue weighted by atomic mass is 16.6. The van der Waals surface area contributed by atoms with Crippen molar-refractivity contribution in [3.05, 3.63) is 128 Å². The molecule has 0 radical (unpaired) electrons. The van der Waals surface area contributed by atoms with E-state index in [9.17, 15) is 28.8 Å². The Hall–Kier alpha value is -6.04. The van der Waals surface area contributed by atoms with Gasteiger partial charge in [0.25, 0.3) is 0 Å². The van der Waals surface area contributed by atoms with E-state index in [1.165, 1.54) is 5.56 Å². The van der Waals surface area contributed by atoms with Crippen molar-refractivity contribution in [2.75, 3.05) is 33.0 Å². The molecule has 0 aliphatic rings. The van der Waals surface area contributed by atoms with Crippen LogP contribution in [-0.4, -0.2) is 75.0 Å². The van der Waals surface area contributed by atoms with Crippen molar-refractivity contribution in [2.24, 2.45) is 0 Å². The topological polar surface area (TPSA) is 158 Å². The lowest BCUT2D eigenvalue weighted by Gasteiger charge is -2.13. The van der Waals surface area contributed by atoms with E-state index in [1.807, 2.05) is 43.3 Å². The minimum atomic E-state index is -0.492. The number of hydrogen-bond donors (Lipinski definition) is 0. The fraction of sp³-hybridized carbons (Fsp3) is 0.391. The largest absolute Gasteiger partial charge is 0.462 e. The molecule has 1 unspecified atom stereocenters. The molecule has 12 nitrogen and oxygen atoms in total. The Morgan fingerprint density at radius 1 is 0.500 bits per heavy atom. The zero-order chi connectivity index (χ0) is 45.6. The van der Waals surface area contributed by atoms with E-state index in [0.717, 1.165) is 25.7 Å². The first-order valence-electron chi connectivity index (χ1n) is 18.3. The summed E-state index contributed by atoms with van der Waals surface area (Å²) in [5.74, 6) is -2.65. The van der Waals surface area contributed by atoms with Crippen molar-refractivity contribution in [1.29, 1.82) is 0 Å². The Labute approximate surface area is 346 Å². The molecule has 0 aliphatic heterocycles. The second-order valence-corrected chi connectivity index (χ2v) is 12.5.